The molecule has 0 atom stereocenters. The van der Waals surface area contributed by atoms with Crippen LogP contribution < -0.4 is 26.4 Å². The van der Waals surface area contributed by atoms with Crippen molar-refractivity contribution in [2.24, 2.45) is 0 Å². The first-order valence-corrected chi connectivity index (χ1v) is 20.6. The Balaban J connectivity index is 0.000000500. The number of benzene rings is 5. The topological polar surface area (TPSA) is 16.8 Å². The summed E-state index contributed by atoms with van der Waals surface area (Å²) in [5.74, 6) is 0. The Kier molecular flexibility index (Phi) is 15.5. The lowest BCUT2D eigenvalue weighted by atomic mass is 9.12. The lowest BCUT2D eigenvalue weighted by Gasteiger charge is -2.46. The molecular weight excluding hydrogens is 1060 g/mol. The molecule has 27 heteroatoms. The summed E-state index contributed by atoms with van der Waals surface area (Å²) in [6.07, 6.45) is -49.0. The first kappa shape index (κ1) is 58.5. The Morgan fingerprint density at radius 2 is 0.608 bits per heavy atom. The fourth-order valence-corrected chi connectivity index (χ4v) is 8.00. The number of aromatic nitrogens is 2. The fraction of sp³-hybridized carbons (Fsp3) is 0.277. The highest BCUT2D eigenvalue weighted by molar-refractivity contribution is 7.20. The second kappa shape index (κ2) is 19.7. The van der Waals surface area contributed by atoms with Crippen LogP contribution in [0.1, 0.15) is 76.5 Å². The summed E-state index contributed by atoms with van der Waals surface area (Å²) >= 11 is 0. The van der Waals surface area contributed by atoms with E-state index in [1.165, 1.54) is 11.3 Å². The van der Waals surface area contributed by atoms with Crippen LogP contribution in [0.4, 0.5) is 105 Å². The summed E-state index contributed by atoms with van der Waals surface area (Å²) in [5.41, 5.74) is -27.5. The molecule has 0 N–H and O–H groups in total. The molecule has 0 radical (unpaired) electrons. The molecule has 74 heavy (non-hydrogen) atoms. The monoisotopic (exact) mass is 1090 g/mol. The van der Waals surface area contributed by atoms with Crippen molar-refractivity contribution in [3.05, 3.63) is 177 Å². The van der Waals surface area contributed by atoms with Gasteiger partial charge in [-0.15, -0.1) is 0 Å². The molecule has 6 aromatic rings. The summed E-state index contributed by atoms with van der Waals surface area (Å²) in [5, 5.41) is 0. The largest absolute Gasteiger partial charge is 0.416 e. The van der Waals surface area contributed by atoms with E-state index in [0.717, 1.165) is 6.54 Å². The van der Waals surface area contributed by atoms with Crippen LogP contribution in [0.3, 0.4) is 0 Å². The molecular formula is C47H31BF24N2. The van der Waals surface area contributed by atoms with Crippen molar-refractivity contribution >= 4 is 28.0 Å². The van der Waals surface area contributed by atoms with E-state index in [1.807, 2.05) is 24.7 Å². The molecule has 400 valence electrons. The fourth-order valence-electron chi connectivity index (χ4n) is 8.00. The Hall–Kier alpha value is -6.44. The molecule has 1 heterocycles. The second-order valence-electron chi connectivity index (χ2n) is 17.5. The highest BCUT2D eigenvalue weighted by atomic mass is 19.4. The minimum atomic E-state index is -6.13. The van der Waals surface area contributed by atoms with Gasteiger partial charge in [0.05, 0.1) is 56.9 Å². The van der Waals surface area contributed by atoms with E-state index in [1.54, 1.807) is 0 Å². The zero-order valence-electron chi connectivity index (χ0n) is 37.3. The lowest BCUT2D eigenvalue weighted by molar-refractivity contribution is -0.699. The van der Waals surface area contributed by atoms with E-state index < -0.39 is 195 Å². The molecule has 0 aliphatic heterocycles. The molecule has 0 saturated heterocycles. The lowest BCUT2D eigenvalue weighted by Crippen LogP contribution is -2.75. The normalized spacial score (nSPS) is 13.7. The molecule has 0 aliphatic rings. The van der Waals surface area contributed by atoms with Gasteiger partial charge in [-0.05, 0) is 24.3 Å². The van der Waals surface area contributed by atoms with Crippen molar-refractivity contribution in [2.45, 2.75) is 82.1 Å². The Bertz CT molecular complexity index is 2510. The third kappa shape index (κ3) is 13.4. The second-order valence-corrected chi connectivity index (χ2v) is 17.5. The number of rotatable bonds is 6. The minimum Gasteiger partial charge on any atom is -0.252 e. The van der Waals surface area contributed by atoms with Crippen LogP contribution >= 0.6 is 0 Å². The SMILES string of the molecule is CC(C)(C)c1cncc[n+]1Cc1ccccc1.FC(F)(F)c1cc([B-](c2cc(C(F)(F)F)cc(C(F)(F)F)c2)(c2cc(C(F)(F)F)cc(C(F)(F)F)c2)c2cc(C(F)(F)F)cc(C(F)(F)F)c2)cc(C(F)(F)F)c1. The first-order valence-electron chi connectivity index (χ1n) is 20.6. The van der Waals surface area contributed by atoms with E-state index >= 15 is 0 Å². The number of hydrogen-bond donors (Lipinski definition) is 0. The number of nitrogens with zero attached hydrogens (tertiary/aromatic N) is 2. The maximum atomic E-state index is 14.2. The number of alkyl halides is 24. The number of hydrogen-bond acceptors (Lipinski definition) is 1. The molecule has 1 aromatic heterocycles. The van der Waals surface area contributed by atoms with Crippen LogP contribution in [0.5, 0.6) is 0 Å². The maximum absolute atomic E-state index is 14.2. The molecule has 2 nitrogen and oxygen atoms in total. The predicted molar refractivity (Wildman–Crippen MR) is 219 cm³/mol. The summed E-state index contributed by atoms with van der Waals surface area (Å²) < 4.78 is 343. The highest BCUT2D eigenvalue weighted by Crippen LogP contribution is 2.41. The summed E-state index contributed by atoms with van der Waals surface area (Å²) in [6, 6.07) is 1.70. The smallest absolute Gasteiger partial charge is 0.252 e. The number of halogens is 24. The van der Waals surface area contributed by atoms with Crippen LogP contribution in [-0.2, 0) is 61.4 Å². The predicted octanol–water partition coefficient (Wildman–Crippen LogP) is 13.9. The van der Waals surface area contributed by atoms with Crippen molar-refractivity contribution in [2.75, 3.05) is 0 Å². The van der Waals surface area contributed by atoms with Crippen LogP contribution in [0.2, 0.25) is 0 Å². The van der Waals surface area contributed by atoms with Gasteiger partial charge in [0.15, 0.2) is 12.7 Å². The molecule has 0 spiro atoms. The van der Waals surface area contributed by atoms with E-state index in [-0.39, 0.29) is 5.41 Å². The molecule has 0 amide bonds. The molecule has 5 aromatic carbocycles. The highest BCUT2D eigenvalue weighted by Gasteiger charge is 2.47. The van der Waals surface area contributed by atoms with Gasteiger partial charge in [0.1, 0.15) is 6.15 Å². The van der Waals surface area contributed by atoms with Crippen molar-refractivity contribution in [1.29, 1.82) is 0 Å². The van der Waals surface area contributed by atoms with Gasteiger partial charge in [-0.3, -0.25) is 4.98 Å². The average Bonchev–Trinajstić information content (AvgIpc) is 3.24. The summed E-state index contributed by atoms with van der Waals surface area (Å²) in [6.45, 7) is 7.54. The van der Waals surface area contributed by atoms with Crippen LogP contribution in [-0.4, -0.2) is 11.1 Å². The Morgan fingerprint density at radius 3 is 0.824 bits per heavy atom. The van der Waals surface area contributed by atoms with Crippen molar-refractivity contribution < 1.29 is 110 Å². The molecule has 0 saturated carbocycles. The quantitative estimate of drug-likeness (QED) is 0.0923. The van der Waals surface area contributed by atoms with E-state index in [0.29, 0.717) is 0 Å². The van der Waals surface area contributed by atoms with Gasteiger partial charge >= 0.3 is 49.4 Å². The van der Waals surface area contributed by atoms with Crippen LogP contribution in [0, 0.1) is 0 Å². The minimum absolute atomic E-state index is 0.114. The Labute approximate surface area is 402 Å². The molecule has 0 bridgehead atoms. The van der Waals surface area contributed by atoms with Gasteiger partial charge in [-0.25, -0.2) is 0 Å². The van der Waals surface area contributed by atoms with Gasteiger partial charge in [-0.2, -0.15) is 132 Å². The third-order valence-corrected chi connectivity index (χ3v) is 11.2. The molecule has 0 fully saturated rings. The zero-order valence-corrected chi connectivity index (χ0v) is 37.3. The summed E-state index contributed by atoms with van der Waals surface area (Å²) in [7, 11) is 0. The van der Waals surface area contributed by atoms with Crippen LogP contribution in [0.25, 0.3) is 0 Å². The zero-order chi connectivity index (χ0) is 56.2. The van der Waals surface area contributed by atoms with Crippen molar-refractivity contribution in [1.82, 2.24) is 4.98 Å². The third-order valence-electron chi connectivity index (χ3n) is 11.2. The molecule has 0 unspecified atom stereocenters. The van der Waals surface area contributed by atoms with Gasteiger partial charge in [0.2, 0.25) is 5.69 Å². The van der Waals surface area contributed by atoms with Gasteiger partial charge in [0, 0.05) is 11.0 Å². The van der Waals surface area contributed by atoms with Crippen LogP contribution in [0.15, 0.2) is 122 Å². The van der Waals surface area contributed by atoms with E-state index in [4.69, 9.17) is 0 Å². The van der Waals surface area contributed by atoms with Gasteiger partial charge in [-0.1, -0.05) is 99.6 Å². The average molecular weight is 1090 g/mol. The molecule has 0 aliphatic carbocycles. The van der Waals surface area contributed by atoms with E-state index in [2.05, 4.69) is 54.6 Å². The van der Waals surface area contributed by atoms with Crippen molar-refractivity contribution in [3.8, 4) is 0 Å². The van der Waals surface area contributed by atoms with Crippen molar-refractivity contribution in [3.63, 3.8) is 0 Å². The standard InChI is InChI=1S/C32H12BF24.C15H19N2/c34-25(35,36)13-1-14(26(37,38)39)6-21(5-13)33(22-7-15(27(40,41)42)2-16(8-22)28(43,44)45,23-9-17(29(46,47)48)3-18(10-23)30(49,50)51)24-11-19(31(52,53)54)4-20(12-24)32(55,56)57;1-15(2,3)14-11-16-9-10-17(14)12-13-7-5-4-6-8-13/h1-12H;4-11H,12H2,1-3H3/q-1;+1. The first-order chi connectivity index (χ1) is 33.3. The maximum Gasteiger partial charge on any atom is 0.416 e. The summed E-state index contributed by atoms with van der Waals surface area (Å²) in [4.78, 5) is 4.23. The molecule has 6 rings (SSSR count). The van der Waals surface area contributed by atoms with Gasteiger partial charge < -0.3 is 0 Å². The Morgan fingerprint density at radius 1 is 0.365 bits per heavy atom. The van der Waals surface area contributed by atoms with E-state index in [9.17, 15) is 105 Å². The van der Waals surface area contributed by atoms with Gasteiger partial charge in [0.25, 0.3) is 0 Å².